The lowest BCUT2D eigenvalue weighted by Gasteiger charge is -2.19. The third-order valence-corrected chi connectivity index (χ3v) is 3.80. The Kier molecular flexibility index (Phi) is 3.11. The number of rotatable bonds is 2. The van der Waals surface area contributed by atoms with Crippen molar-refractivity contribution in [1.82, 2.24) is 15.6 Å². The zero-order valence-electron chi connectivity index (χ0n) is 12.3. The van der Waals surface area contributed by atoms with Gasteiger partial charge in [0.1, 0.15) is 13.2 Å². The number of hydrogen-bond acceptors (Lipinski definition) is 5. The molecule has 1 aromatic carbocycles. The smallest absolute Gasteiger partial charge is 0.162 e. The van der Waals surface area contributed by atoms with Crippen LogP contribution in [0.15, 0.2) is 36.5 Å². The first-order valence-electron chi connectivity index (χ1n) is 7.36. The van der Waals surface area contributed by atoms with E-state index < -0.39 is 0 Å². The van der Waals surface area contributed by atoms with Crippen LogP contribution in [0.3, 0.4) is 0 Å². The molecule has 2 aliphatic heterocycles. The van der Waals surface area contributed by atoms with Gasteiger partial charge in [0.2, 0.25) is 0 Å². The number of nitrogens with one attached hydrogen (secondary N) is 2. The van der Waals surface area contributed by atoms with Crippen molar-refractivity contribution in [3.05, 3.63) is 53.3 Å². The molecule has 2 N–H and O–H groups in total. The molecule has 4 rings (SSSR count). The van der Waals surface area contributed by atoms with Crippen LogP contribution in [0.4, 0.5) is 0 Å². The topological polar surface area (TPSA) is 55.4 Å². The summed E-state index contributed by atoms with van der Waals surface area (Å²) >= 11 is 0. The maximum Gasteiger partial charge on any atom is 0.162 e. The molecule has 0 saturated heterocycles. The number of aryl methyl sites for hydroxylation is 1. The summed E-state index contributed by atoms with van der Waals surface area (Å²) in [5.41, 5.74) is 5.37. The Balaban J connectivity index is 1.78. The molecule has 2 aromatic rings. The molecule has 0 amide bonds. The Morgan fingerprint density at radius 1 is 0.909 bits per heavy atom. The van der Waals surface area contributed by atoms with Gasteiger partial charge in [0.25, 0.3) is 0 Å². The molecule has 0 unspecified atom stereocenters. The molecule has 0 saturated carbocycles. The van der Waals surface area contributed by atoms with E-state index >= 15 is 0 Å². The Morgan fingerprint density at radius 3 is 2.41 bits per heavy atom. The minimum Gasteiger partial charge on any atom is -0.486 e. The van der Waals surface area contributed by atoms with Crippen molar-refractivity contribution in [1.29, 1.82) is 0 Å². The second-order valence-electron chi connectivity index (χ2n) is 5.32. The molecule has 0 bridgehead atoms. The van der Waals surface area contributed by atoms with Gasteiger partial charge in [-0.05, 0) is 37.3 Å². The number of fused-ring (bicyclic) bond motifs is 1. The fourth-order valence-electron chi connectivity index (χ4n) is 2.79. The van der Waals surface area contributed by atoms with E-state index in [1.54, 1.807) is 0 Å². The summed E-state index contributed by atoms with van der Waals surface area (Å²) in [5.74, 6) is 1.61. The van der Waals surface area contributed by atoms with E-state index in [4.69, 9.17) is 9.47 Å². The number of aromatic nitrogens is 1. The average molecular weight is 295 g/mol. The summed E-state index contributed by atoms with van der Waals surface area (Å²) in [6, 6.07) is 10.1. The third kappa shape index (κ3) is 2.24. The molecule has 3 heterocycles. The molecule has 0 spiro atoms. The van der Waals surface area contributed by atoms with Crippen molar-refractivity contribution < 1.29 is 9.47 Å². The van der Waals surface area contributed by atoms with Crippen molar-refractivity contribution in [2.24, 2.45) is 0 Å². The molecule has 0 radical (unpaired) electrons. The number of ether oxygens (including phenoxy) is 2. The van der Waals surface area contributed by atoms with E-state index in [0.717, 1.165) is 39.7 Å². The third-order valence-electron chi connectivity index (χ3n) is 3.80. The Morgan fingerprint density at radius 2 is 1.64 bits per heavy atom. The molecule has 0 fully saturated rings. The van der Waals surface area contributed by atoms with Crippen LogP contribution in [0, 0.1) is 6.92 Å². The fraction of sp³-hybridized carbons (Fsp3) is 0.235. The van der Waals surface area contributed by atoms with E-state index in [0.29, 0.717) is 19.9 Å². The Bertz CT molecular complexity index is 755. The number of hydrogen-bond donors (Lipinski definition) is 2. The van der Waals surface area contributed by atoms with Crippen LogP contribution in [0.5, 0.6) is 11.5 Å². The lowest BCUT2D eigenvalue weighted by molar-refractivity contribution is 0.171. The van der Waals surface area contributed by atoms with Crippen molar-refractivity contribution in [2.75, 3.05) is 19.9 Å². The summed E-state index contributed by atoms with van der Waals surface area (Å²) in [4.78, 5) is 4.26. The van der Waals surface area contributed by atoms with Crippen molar-refractivity contribution in [3.63, 3.8) is 0 Å². The zero-order chi connectivity index (χ0) is 14.9. The molecule has 1 aromatic heterocycles. The van der Waals surface area contributed by atoms with Gasteiger partial charge >= 0.3 is 0 Å². The van der Waals surface area contributed by atoms with Crippen molar-refractivity contribution in [3.8, 4) is 11.5 Å². The molecule has 112 valence electrons. The summed E-state index contributed by atoms with van der Waals surface area (Å²) in [6.45, 7) is 3.91. The Labute approximate surface area is 129 Å². The SMILES string of the molecule is Cc1cc(C2=C(c3ccc4c(c3)OCCO4)NCN2)ccn1. The molecule has 2 aliphatic rings. The molecule has 0 atom stereocenters. The van der Waals surface area contributed by atoms with Gasteiger partial charge in [0, 0.05) is 23.0 Å². The normalized spacial score (nSPS) is 16.2. The first kappa shape index (κ1) is 13.0. The first-order valence-corrected chi connectivity index (χ1v) is 7.36. The van der Waals surface area contributed by atoms with Gasteiger partial charge in [-0.3, -0.25) is 4.98 Å². The van der Waals surface area contributed by atoms with Crippen molar-refractivity contribution >= 4 is 11.4 Å². The minimum absolute atomic E-state index is 0.595. The minimum atomic E-state index is 0.595. The predicted molar refractivity (Wildman–Crippen MR) is 84.4 cm³/mol. The van der Waals surface area contributed by atoms with E-state index in [-0.39, 0.29) is 0 Å². The highest BCUT2D eigenvalue weighted by atomic mass is 16.6. The van der Waals surface area contributed by atoms with Gasteiger partial charge in [-0.25, -0.2) is 0 Å². The molecule has 5 nitrogen and oxygen atoms in total. The quantitative estimate of drug-likeness (QED) is 0.889. The van der Waals surface area contributed by atoms with Crippen LogP contribution in [-0.2, 0) is 0 Å². The van der Waals surface area contributed by atoms with Gasteiger partial charge in [-0.1, -0.05) is 0 Å². The number of pyridine rings is 1. The number of nitrogens with zero attached hydrogens (tertiary/aromatic N) is 1. The summed E-state index contributed by atoms with van der Waals surface area (Å²) in [6.07, 6.45) is 1.83. The molecular formula is C17H17N3O2. The molecule has 5 heteroatoms. The largest absolute Gasteiger partial charge is 0.486 e. The lowest BCUT2D eigenvalue weighted by atomic mass is 10.1. The summed E-state index contributed by atoms with van der Waals surface area (Å²) < 4.78 is 11.3. The van der Waals surface area contributed by atoms with Crippen molar-refractivity contribution in [2.45, 2.75) is 6.92 Å². The summed E-state index contributed by atoms with van der Waals surface area (Å²) in [5, 5.41) is 6.80. The van der Waals surface area contributed by atoms with Gasteiger partial charge in [-0.15, -0.1) is 0 Å². The molecule has 0 aliphatic carbocycles. The fourth-order valence-corrected chi connectivity index (χ4v) is 2.79. The van der Waals surface area contributed by atoms with Gasteiger partial charge in [-0.2, -0.15) is 0 Å². The second kappa shape index (κ2) is 5.26. The summed E-state index contributed by atoms with van der Waals surface area (Å²) in [7, 11) is 0. The van der Waals surface area contributed by atoms with E-state index in [9.17, 15) is 0 Å². The molecular weight excluding hydrogens is 278 g/mol. The van der Waals surface area contributed by atoms with Crippen LogP contribution in [0.1, 0.15) is 16.8 Å². The van der Waals surface area contributed by atoms with Crippen LogP contribution < -0.4 is 20.1 Å². The zero-order valence-corrected chi connectivity index (χ0v) is 12.3. The van der Waals surface area contributed by atoms with Crippen LogP contribution in [0.2, 0.25) is 0 Å². The van der Waals surface area contributed by atoms with Gasteiger partial charge < -0.3 is 20.1 Å². The maximum absolute atomic E-state index is 5.68. The monoisotopic (exact) mass is 295 g/mol. The van der Waals surface area contributed by atoms with Gasteiger partial charge in [0.15, 0.2) is 11.5 Å². The van der Waals surface area contributed by atoms with Gasteiger partial charge in [0.05, 0.1) is 18.1 Å². The predicted octanol–water partition coefficient (Wildman–Crippen LogP) is 2.14. The van der Waals surface area contributed by atoms with Crippen LogP contribution in [-0.4, -0.2) is 24.9 Å². The Hall–Kier alpha value is -2.69. The highest BCUT2D eigenvalue weighted by Gasteiger charge is 2.19. The maximum atomic E-state index is 5.68. The van der Waals surface area contributed by atoms with Crippen LogP contribution in [0.25, 0.3) is 11.4 Å². The standard InChI is InChI=1S/C17H17N3O2/c1-11-8-13(4-5-18-11)17-16(19-10-20-17)12-2-3-14-15(9-12)22-7-6-21-14/h2-5,8-9,19-20H,6-7,10H2,1H3. The van der Waals surface area contributed by atoms with E-state index in [1.807, 2.05) is 31.3 Å². The first-order chi connectivity index (χ1) is 10.8. The van der Waals surface area contributed by atoms with Crippen LogP contribution >= 0.6 is 0 Å². The second-order valence-corrected chi connectivity index (χ2v) is 5.32. The van der Waals surface area contributed by atoms with E-state index in [1.165, 1.54) is 0 Å². The number of benzene rings is 1. The lowest BCUT2D eigenvalue weighted by Crippen LogP contribution is -2.16. The highest BCUT2D eigenvalue weighted by Crippen LogP contribution is 2.34. The average Bonchev–Trinajstić information content (AvgIpc) is 3.04. The highest BCUT2D eigenvalue weighted by molar-refractivity contribution is 5.91. The molecule has 22 heavy (non-hydrogen) atoms. The van der Waals surface area contributed by atoms with E-state index in [2.05, 4.69) is 27.8 Å².